The molecule has 1 aliphatic carbocycles. The van der Waals surface area contributed by atoms with Crippen LogP contribution in [0.15, 0.2) is 21.6 Å². The van der Waals surface area contributed by atoms with Gasteiger partial charge in [0.15, 0.2) is 0 Å². The second kappa shape index (κ2) is 4.72. The molecule has 0 spiro atoms. The molecular weight excluding hydrogens is 246 g/mol. The van der Waals surface area contributed by atoms with Crippen molar-refractivity contribution in [3.05, 3.63) is 21.6 Å². The lowest BCUT2D eigenvalue weighted by atomic mass is 10.00. The van der Waals surface area contributed by atoms with Gasteiger partial charge < -0.3 is 10.7 Å². The first-order valence-electron chi connectivity index (χ1n) is 5.97. The second-order valence-electron chi connectivity index (χ2n) is 4.76. The van der Waals surface area contributed by atoms with Crippen LogP contribution < -0.4 is 5.32 Å². The van der Waals surface area contributed by atoms with Gasteiger partial charge >= 0.3 is 0 Å². The van der Waals surface area contributed by atoms with Gasteiger partial charge in [-0.15, -0.1) is 0 Å². The summed E-state index contributed by atoms with van der Waals surface area (Å²) in [6.45, 7) is 5.39. The standard InChI is InChI=1S/C13H17N3OS/c1-6(8(3)14)10-7(2)11(18-12(10)15)13(17)16-9-4-5-9/h9,14-15H,4-5H2,1-3H3,(H,16,17)/b10-6-,14-8?,15-12?. The van der Waals surface area contributed by atoms with Crippen molar-refractivity contribution in [2.75, 3.05) is 0 Å². The molecule has 0 aromatic carbocycles. The smallest absolute Gasteiger partial charge is 0.258 e. The first kappa shape index (κ1) is 13.1. The number of carbonyl (C=O) groups excluding carboxylic acids is 1. The minimum Gasteiger partial charge on any atom is -0.349 e. The number of hydrogen-bond donors (Lipinski definition) is 3. The van der Waals surface area contributed by atoms with Crippen LogP contribution in [0.25, 0.3) is 0 Å². The highest BCUT2D eigenvalue weighted by Gasteiger charge is 2.32. The first-order chi connectivity index (χ1) is 8.41. The lowest BCUT2D eigenvalue weighted by Gasteiger charge is -2.06. The molecule has 5 heteroatoms. The second-order valence-corrected chi connectivity index (χ2v) is 5.78. The third-order valence-corrected chi connectivity index (χ3v) is 4.31. The molecule has 0 bridgehead atoms. The molecule has 1 amide bonds. The minimum absolute atomic E-state index is 0.0739. The van der Waals surface area contributed by atoms with E-state index in [2.05, 4.69) is 5.32 Å². The number of carbonyl (C=O) groups is 1. The summed E-state index contributed by atoms with van der Waals surface area (Å²) in [5, 5.41) is 18.9. The summed E-state index contributed by atoms with van der Waals surface area (Å²) in [6.07, 6.45) is 2.11. The summed E-state index contributed by atoms with van der Waals surface area (Å²) in [5.41, 5.74) is 2.79. The van der Waals surface area contributed by atoms with E-state index < -0.39 is 0 Å². The highest BCUT2D eigenvalue weighted by atomic mass is 32.2. The number of rotatable bonds is 3. The Bertz CT molecular complexity index is 512. The predicted molar refractivity (Wildman–Crippen MR) is 75.3 cm³/mol. The molecular formula is C13H17N3OS. The molecule has 0 radical (unpaired) electrons. The van der Waals surface area contributed by atoms with E-state index in [1.807, 2.05) is 13.8 Å². The van der Waals surface area contributed by atoms with Crippen LogP contribution in [0.5, 0.6) is 0 Å². The van der Waals surface area contributed by atoms with Gasteiger partial charge in [0.1, 0.15) is 0 Å². The molecule has 18 heavy (non-hydrogen) atoms. The van der Waals surface area contributed by atoms with Gasteiger partial charge in [0.25, 0.3) is 5.91 Å². The topological polar surface area (TPSA) is 76.8 Å². The third kappa shape index (κ3) is 2.41. The molecule has 2 rings (SSSR count). The molecule has 0 unspecified atom stereocenters. The summed E-state index contributed by atoms with van der Waals surface area (Å²) in [4.78, 5) is 12.6. The van der Waals surface area contributed by atoms with E-state index >= 15 is 0 Å². The van der Waals surface area contributed by atoms with E-state index in [-0.39, 0.29) is 5.91 Å². The normalized spacial score (nSPS) is 22.3. The van der Waals surface area contributed by atoms with Crippen LogP contribution in [-0.4, -0.2) is 22.7 Å². The van der Waals surface area contributed by atoms with E-state index in [0.29, 0.717) is 21.7 Å². The van der Waals surface area contributed by atoms with Crippen molar-refractivity contribution in [1.29, 1.82) is 10.8 Å². The van der Waals surface area contributed by atoms with Crippen LogP contribution in [0.1, 0.15) is 33.6 Å². The maximum absolute atomic E-state index is 12.0. The van der Waals surface area contributed by atoms with Gasteiger partial charge in [0, 0.05) is 17.3 Å². The zero-order valence-corrected chi connectivity index (χ0v) is 11.6. The average Bonchev–Trinajstić information content (AvgIpc) is 3.04. The minimum atomic E-state index is -0.0739. The van der Waals surface area contributed by atoms with Crippen molar-refractivity contribution in [3.63, 3.8) is 0 Å². The van der Waals surface area contributed by atoms with Crippen LogP contribution in [0.3, 0.4) is 0 Å². The van der Waals surface area contributed by atoms with Gasteiger partial charge in [0.05, 0.1) is 9.95 Å². The summed E-state index contributed by atoms with van der Waals surface area (Å²) in [5.74, 6) is -0.0739. The predicted octanol–water partition coefficient (Wildman–Crippen LogP) is 2.62. The lowest BCUT2D eigenvalue weighted by molar-refractivity contribution is -0.116. The molecule has 2 aliphatic rings. The van der Waals surface area contributed by atoms with Gasteiger partial charge in [-0.2, -0.15) is 0 Å². The first-order valence-corrected chi connectivity index (χ1v) is 6.78. The highest BCUT2D eigenvalue weighted by molar-refractivity contribution is 8.18. The van der Waals surface area contributed by atoms with Crippen LogP contribution in [0, 0.1) is 10.8 Å². The molecule has 0 saturated heterocycles. The molecule has 4 nitrogen and oxygen atoms in total. The Kier molecular flexibility index (Phi) is 3.43. The van der Waals surface area contributed by atoms with Crippen molar-refractivity contribution in [3.8, 4) is 0 Å². The molecule has 1 aliphatic heterocycles. The van der Waals surface area contributed by atoms with E-state index in [9.17, 15) is 4.79 Å². The third-order valence-electron chi connectivity index (χ3n) is 3.20. The van der Waals surface area contributed by atoms with E-state index in [1.54, 1.807) is 6.92 Å². The highest BCUT2D eigenvalue weighted by Crippen LogP contribution is 2.39. The van der Waals surface area contributed by atoms with Crippen molar-refractivity contribution in [1.82, 2.24) is 5.32 Å². The van der Waals surface area contributed by atoms with Crippen LogP contribution in [0.4, 0.5) is 0 Å². The summed E-state index contributed by atoms with van der Waals surface area (Å²) in [7, 11) is 0. The van der Waals surface area contributed by atoms with Gasteiger partial charge in [0.2, 0.25) is 0 Å². The maximum atomic E-state index is 12.0. The molecule has 1 fully saturated rings. The van der Waals surface area contributed by atoms with E-state index in [1.165, 1.54) is 11.8 Å². The van der Waals surface area contributed by atoms with Crippen molar-refractivity contribution >= 4 is 28.4 Å². The van der Waals surface area contributed by atoms with Crippen LogP contribution in [0.2, 0.25) is 0 Å². The number of nitrogens with one attached hydrogen (secondary N) is 3. The zero-order valence-electron chi connectivity index (χ0n) is 10.8. The fraction of sp³-hybridized carbons (Fsp3) is 0.462. The number of thioether (sulfide) groups is 1. The fourth-order valence-electron chi connectivity index (χ4n) is 1.85. The Hall–Kier alpha value is -1.36. The van der Waals surface area contributed by atoms with Crippen molar-refractivity contribution < 1.29 is 4.79 Å². The monoisotopic (exact) mass is 263 g/mol. The van der Waals surface area contributed by atoms with Crippen molar-refractivity contribution in [2.45, 2.75) is 39.7 Å². The van der Waals surface area contributed by atoms with E-state index in [0.717, 1.165) is 29.6 Å². The number of allylic oxidation sites excluding steroid dienone is 2. The fourth-order valence-corrected chi connectivity index (χ4v) is 2.87. The maximum Gasteiger partial charge on any atom is 0.258 e. The summed E-state index contributed by atoms with van der Waals surface area (Å²) in [6, 6.07) is 0.325. The summed E-state index contributed by atoms with van der Waals surface area (Å²) < 4.78 is 0. The van der Waals surface area contributed by atoms with Crippen LogP contribution >= 0.6 is 11.8 Å². The SMILES string of the molecule is CC(=N)/C(C)=C1\C(=N)SC(C(=O)NC2CC2)=C1C. The molecule has 1 saturated carbocycles. The van der Waals surface area contributed by atoms with Gasteiger partial charge in [-0.1, -0.05) is 11.8 Å². The Balaban J connectivity index is 2.31. The van der Waals surface area contributed by atoms with Gasteiger partial charge in [-0.3, -0.25) is 10.2 Å². The number of hydrogen-bond acceptors (Lipinski definition) is 4. The quantitative estimate of drug-likeness (QED) is 0.684. The Morgan fingerprint density at radius 1 is 1.39 bits per heavy atom. The molecule has 1 heterocycles. The van der Waals surface area contributed by atoms with E-state index in [4.69, 9.17) is 10.8 Å². The van der Waals surface area contributed by atoms with Crippen LogP contribution in [-0.2, 0) is 4.79 Å². The molecule has 0 aromatic heterocycles. The van der Waals surface area contributed by atoms with Crippen molar-refractivity contribution in [2.24, 2.45) is 0 Å². The lowest BCUT2D eigenvalue weighted by Crippen LogP contribution is -2.26. The largest absolute Gasteiger partial charge is 0.349 e. The molecule has 0 atom stereocenters. The Morgan fingerprint density at radius 3 is 2.50 bits per heavy atom. The zero-order chi connectivity index (χ0) is 13.4. The average molecular weight is 263 g/mol. The molecule has 3 N–H and O–H groups in total. The molecule has 96 valence electrons. The Labute approximate surface area is 111 Å². The molecule has 0 aromatic rings. The van der Waals surface area contributed by atoms with Gasteiger partial charge in [-0.25, -0.2) is 0 Å². The van der Waals surface area contributed by atoms with Gasteiger partial charge in [-0.05, 0) is 44.8 Å². The Morgan fingerprint density at radius 2 is 2.00 bits per heavy atom. The number of amides is 1. The summed E-state index contributed by atoms with van der Waals surface area (Å²) >= 11 is 1.20.